The smallest absolute Gasteiger partial charge is 0.243 e. The maximum Gasteiger partial charge on any atom is 0.243 e. The molecule has 1 saturated carbocycles. The summed E-state index contributed by atoms with van der Waals surface area (Å²) < 4.78 is 32.1. The first-order chi connectivity index (χ1) is 14.0. The molecule has 0 aromatic heterocycles. The predicted molar refractivity (Wildman–Crippen MR) is 115 cm³/mol. The van der Waals surface area contributed by atoms with E-state index in [4.69, 9.17) is 4.74 Å². The van der Waals surface area contributed by atoms with Crippen molar-refractivity contribution in [1.82, 2.24) is 14.9 Å². The van der Waals surface area contributed by atoms with Gasteiger partial charge in [0.2, 0.25) is 10.0 Å². The second-order valence-electron chi connectivity index (χ2n) is 8.13. The zero-order valence-corrected chi connectivity index (χ0v) is 18.4. The minimum absolute atomic E-state index is 0.319. The van der Waals surface area contributed by atoms with E-state index in [1.807, 2.05) is 12.1 Å². The van der Waals surface area contributed by atoms with Gasteiger partial charge in [-0.3, -0.25) is 4.99 Å². The molecule has 0 atom stereocenters. The molecule has 1 aromatic carbocycles. The number of hydrogen-bond acceptors (Lipinski definition) is 4. The molecule has 0 amide bonds. The highest BCUT2D eigenvalue weighted by Crippen LogP contribution is 2.43. The number of ether oxygens (including phenoxy) is 1. The van der Waals surface area contributed by atoms with E-state index < -0.39 is 10.0 Å². The Hall–Kier alpha value is -1.64. The first kappa shape index (κ1) is 22.1. The fourth-order valence-corrected chi connectivity index (χ4v) is 5.56. The van der Waals surface area contributed by atoms with Crippen molar-refractivity contribution in [3.8, 4) is 0 Å². The Balaban J connectivity index is 1.51. The van der Waals surface area contributed by atoms with Crippen LogP contribution in [0.3, 0.4) is 0 Å². The molecule has 0 radical (unpaired) electrons. The molecule has 1 heterocycles. The molecule has 1 aliphatic heterocycles. The van der Waals surface area contributed by atoms with Gasteiger partial charge < -0.3 is 15.4 Å². The van der Waals surface area contributed by atoms with Crippen LogP contribution in [0.25, 0.3) is 0 Å². The van der Waals surface area contributed by atoms with Crippen molar-refractivity contribution in [1.29, 1.82) is 0 Å². The van der Waals surface area contributed by atoms with E-state index in [0.717, 1.165) is 43.9 Å². The molecule has 2 aliphatic rings. The number of benzene rings is 1. The van der Waals surface area contributed by atoms with Crippen LogP contribution in [-0.4, -0.2) is 59.1 Å². The van der Waals surface area contributed by atoms with Crippen LogP contribution in [0, 0.1) is 5.41 Å². The van der Waals surface area contributed by atoms with Crippen molar-refractivity contribution in [3.05, 3.63) is 29.8 Å². The highest BCUT2D eigenvalue weighted by atomic mass is 32.2. The van der Waals surface area contributed by atoms with Crippen LogP contribution >= 0.6 is 0 Å². The first-order valence-corrected chi connectivity index (χ1v) is 12.0. The maximum absolute atomic E-state index is 12.6. The second kappa shape index (κ2) is 9.91. The molecule has 0 unspecified atom stereocenters. The molecule has 162 valence electrons. The highest BCUT2D eigenvalue weighted by molar-refractivity contribution is 7.89. The molecule has 7 nitrogen and oxygen atoms in total. The molecule has 0 bridgehead atoms. The summed E-state index contributed by atoms with van der Waals surface area (Å²) in [5.74, 6) is 0.766. The van der Waals surface area contributed by atoms with Crippen LogP contribution in [0.5, 0.6) is 0 Å². The lowest BCUT2D eigenvalue weighted by Gasteiger charge is -2.42. The molecule has 3 rings (SSSR count). The van der Waals surface area contributed by atoms with Gasteiger partial charge in [-0.2, -0.15) is 4.31 Å². The number of methoxy groups -OCH3 is 1. The number of hydrogen-bond donors (Lipinski definition) is 2. The topological polar surface area (TPSA) is 83.0 Å². The summed E-state index contributed by atoms with van der Waals surface area (Å²) >= 11 is 0. The van der Waals surface area contributed by atoms with Gasteiger partial charge in [-0.15, -0.1) is 0 Å². The Kier molecular flexibility index (Phi) is 7.54. The summed E-state index contributed by atoms with van der Waals surface area (Å²) in [7, 11) is 0.165. The van der Waals surface area contributed by atoms with E-state index in [-0.39, 0.29) is 0 Å². The zero-order chi connectivity index (χ0) is 20.7. The number of sulfonamides is 1. The summed E-state index contributed by atoms with van der Waals surface area (Å²) in [5.41, 5.74) is 1.34. The van der Waals surface area contributed by atoms with E-state index in [0.29, 0.717) is 29.9 Å². The van der Waals surface area contributed by atoms with Gasteiger partial charge in [0.15, 0.2) is 5.96 Å². The lowest BCUT2D eigenvalue weighted by molar-refractivity contribution is 0.0732. The molecule has 1 aromatic rings. The Morgan fingerprint density at radius 2 is 1.83 bits per heavy atom. The minimum atomic E-state index is -3.35. The number of guanidine groups is 1. The molecule has 1 saturated heterocycles. The lowest BCUT2D eigenvalue weighted by Crippen LogP contribution is -2.46. The monoisotopic (exact) mass is 422 g/mol. The summed E-state index contributed by atoms with van der Waals surface area (Å²) in [5, 5.41) is 6.77. The van der Waals surface area contributed by atoms with Crippen LogP contribution in [0.2, 0.25) is 0 Å². The number of nitrogens with zero attached hydrogens (tertiary/aromatic N) is 2. The van der Waals surface area contributed by atoms with Gasteiger partial charge in [0, 0.05) is 46.9 Å². The SMILES string of the molecule is CN=C(NCc1ccc(S(=O)(=O)N2CCCC2)cc1)NCC1(CCOC)CCC1. The van der Waals surface area contributed by atoms with Crippen LogP contribution in [0.4, 0.5) is 0 Å². The minimum Gasteiger partial charge on any atom is -0.385 e. The normalized spacial score (nSPS) is 19.7. The van der Waals surface area contributed by atoms with Crippen molar-refractivity contribution in [2.24, 2.45) is 10.4 Å². The molecule has 8 heteroatoms. The predicted octanol–water partition coefficient (Wildman–Crippen LogP) is 2.34. The van der Waals surface area contributed by atoms with Crippen molar-refractivity contribution < 1.29 is 13.2 Å². The van der Waals surface area contributed by atoms with Crippen molar-refractivity contribution in [3.63, 3.8) is 0 Å². The van der Waals surface area contributed by atoms with Gasteiger partial charge in [-0.1, -0.05) is 18.6 Å². The third kappa shape index (κ3) is 5.49. The summed E-state index contributed by atoms with van der Waals surface area (Å²) in [6.45, 7) is 3.53. The first-order valence-electron chi connectivity index (χ1n) is 10.5. The molecule has 2 N–H and O–H groups in total. The average molecular weight is 423 g/mol. The second-order valence-corrected chi connectivity index (χ2v) is 10.1. The highest BCUT2D eigenvalue weighted by Gasteiger charge is 2.36. The van der Waals surface area contributed by atoms with E-state index in [9.17, 15) is 8.42 Å². The molecule has 1 aliphatic carbocycles. The molecule has 29 heavy (non-hydrogen) atoms. The fraction of sp³-hybridized carbons (Fsp3) is 0.667. The standard InChI is InChI=1S/C21H34N4O3S/c1-22-20(24-17-21(10-5-11-21)12-15-28-2)23-16-18-6-8-19(9-7-18)29(26,27)25-13-3-4-14-25/h6-9H,3-5,10-17H2,1-2H3,(H2,22,23,24). The summed E-state index contributed by atoms with van der Waals surface area (Å²) in [6.07, 6.45) is 6.70. The van der Waals surface area contributed by atoms with E-state index in [2.05, 4.69) is 15.6 Å². The molecule has 2 fully saturated rings. The van der Waals surface area contributed by atoms with Crippen LogP contribution in [0.15, 0.2) is 34.2 Å². The summed E-state index contributed by atoms with van der Waals surface area (Å²) in [6, 6.07) is 7.15. The van der Waals surface area contributed by atoms with E-state index in [1.54, 1.807) is 30.6 Å². The number of aliphatic imine (C=N–C) groups is 1. The van der Waals surface area contributed by atoms with E-state index in [1.165, 1.54) is 19.3 Å². The lowest BCUT2D eigenvalue weighted by atomic mass is 9.67. The van der Waals surface area contributed by atoms with Crippen molar-refractivity contribution in [2.45, 2.75) is 50.0 Å². The zero-order valence-electron chi connectivity index (χ0n) is 17.6. The third-order valence-corrected chi connectivity index (χ3v) is 8.10. The van der Waals surface area contributed by atoms with Crippen molar-refractivity contribution >= 4 is 16.0 Å². The average Bonchev–Trinajstić information content (AvgIpc) is 3.25. The largest absolute Gasteiger partial charge is 0.385 e. The maximum atomic E-state index is 12.6. The Bertz CT molecular complexity index is 783. The molecular formula is C21H34N4O3S. The number of nitrogens with one attached hydrogen (secondary N) is 2. The van der Waals surface area contributed by atoms with Gasteiger partial charge in [0.25, 0.3) is 0 Å². The Labute approximate surface area is 175 Å². The van der Waals surface area contributed by atoms with Crippen LogP contribution < -0.4 is 10.6 Å². The summed E-state index contributed by atoms with van der Waals surface area (Å²) in [4.78, 5) is 4.69. The Morgan fingerprint density at radius 1 is 1.14 bits per heavy atom. The van der Waals surface area contributed by atoms with Crippen molar-refractivity contribution in [2.75, 3.05) is 40.4 Å². The van der Waals surface area contributed by atoms with Gasteiger partial charge >= 0.3 is 0 Å². The Morgan fingerprint density at radius 3 is 2.38 bits per heavy atom. The van der Waals surface area contributed by atoms with Crippen LogP contribution in [-0.2, 0) is 21.3 Å². The van der Waals surface area contributed by atoms with Gasteiger partial charge in [-0.05, 0) is 55.2 Å². The third-order valence-electron chi connectivity index (χ3n) is 6.19. The van der Waals surface area contributed by atoms with Gasteiger partial charge in [-0.25, -0.2) is 8.42 Å². The van der Waals surface area contributed by atoms with E-state index >= 15 is 0 Å². The van der Waals surface area contributed by atoms with Gasteiger partial charge in [0.05, 0.1) is 4.90 Å². The van der Waals surface area contributed by atoms with Gasteiger partial charge in [0.1, 0.15) is 0 Å². The van der Waals surface area contributed by atoms with Crippen LogP contribution in [0.1, 0.15) is 44.1 Å². The fourth-order valence-electron chi connectivity index (χ4n) is 4.04. The molecular weight excluding hydrogens is 388 g/mol. The number of rotatable bonds is 9. The quantitative estimate of drug-likeness (QED) is 0.471. The molecule has 0 spiro atoms.